The zero-order chi connectivity index (χ0) is 40.7. The molecule has 4 fully saturated rings. The van der Waals surface area contributed by atoms with E-state index in [4.69, 9.17) is 9.47 Å². The molecule has 302 valence electrons. The van der Waals surface area contributed by atoms with Crippen LogP contribution in [-0.2, 0) is 37.1 Å². The molecular formula is C38H43N7O11S. The lowest BCUT2D eigenvalue weighted by Crippen LogP contribution is -2.63. The molecule has 0 saturated carbocycles. The van der Waals surface area contributed by atoms with Gasteiger partial charge in [0.1, 0.15) is 24.7 Å². The van der Waals surface area contributed by atoms with Crippen molar-refractivity contribution in [3.05, 3.63) is 90.5 Å². The van der Waals surface area contributed by atoms with Crippen LogP contribution in [0.1, 0.15) is 38.3 Å². The molecule has 0 bridgehead atoms. The summed E-state index contributed by atoms with van der Waals surface area (Å²) in [6, 6.07) is 10.6. The van der Waals surface area contributed by atoms with Crippen molar-refractivity contribution in [2.45, 2.75) is 63.8 Å². The number of nitro groups is 2. The fourth-order valence-corrected chi connectivity index (χ4v) is 9.99. The highest BCUT2D eigenvalue weighted by atomic mass is 32.2. The minimum Gasteiger partial charge on any atom is -0.456 e. The molecular weight excluding hydrogens is 763 g/mol. The molecule has 0 spiro atoms. The first kappa shape index (κ1) is 39.8. The van der Waals surface area contributed by atoms with E-state index in [1.54, 1.807) is 13.8 Å². The molecule has 5 aliphatic rings. The maximum absolute atomic E-state index is 13.8. The number of ether oxygens (including phenoxy) is 2. The van der Waals surface area contributed by atoms with Crippen LogP contribution in [0.4, 0.5) is 16.2 Å². The van der Waals surface area contributed by atoms with Gasteiger partial charge >= 0.3 is 12.1 Å². The molecule has 2 aromatic carbocycles. The van der Waals surface area contributed by atoms with Crippen LogP contribution < -0.4 is 5.32 Å². The maximum Gasteiger partial charge on any atom is 0.435 e. The van der Waals surface area contributed by atoms with Crippen molar-refractivity contribution in [1.29, 1.82) is 0 Å². The van der Waals surface area contributed by atoms with Crippen molar-refractivity contribution >= 4 is 52.8 Å². The van der Waals surface area contributed by atoms with Crippen LogP contribution in [-0.4, -0.2) is 116 Å². The molecule has 8 atom stereocenters. The third-order valence-electron chi connectivity index (χ3n) is 11.5. The second-order valence-corrected chi connectivity index (χ2v) is 16.6. The molecule has 5 aliphatic heterocycles. The molecule has 2 unspecified atom stereocenters. The number of likely N-dealkylation sites (tertiary alicyclic amines) is 2. The van der Waals surface area contributed by atoms with Crippen molar-refractivity contribution in [1.82, 2.24) is 20.0 Å². The topological polar surface area (TPSA) is 227 Å². The molecule has 18 nitrogen and oxygen atoms in total. The smallest absolute Gasteiger partial charge is 0.435 e. The van der Waals surface area contributed by atoms with Gasteiger partial charge < -0.3 is 34.6 Å². The summed E-state index contributed by atoms with van der Waals surface area (Å²) < 4.78 is 10.9. The quantitative estimate of drug-likeness (QED) is 0.0831. The van der Waals surface area contributed by atoms with Crippen LogP contribution in [0.15, 0.2) is 64.1 Å². The predicted molar refractivity (Wildman–Crippen MR) is 204 cm³/mol. The van der Waals surface area contributed by atoms with Crippen LogP contribution >= 0.6 is 11.8 Å². The first-order valence-electron chi connectivity index (χ1n) is 18.7. The number of aliphatic imine (C=N–C) groups is 1. The van der Waals surface area contributed by atoms with E-state index in [-0.39, 0.29) is 65.1 Å². The molecule has 2 aromatic rings. The first-order valence-corrected chi connectivity index (χ1v) is 19.6. The van der Waals surface area contributed by atoms with Gasteiger partial charge in [-0.15, -0.1) is 11.8 Å². The SMILES string of the molecule is CC(=NC(=O)OCc1ccc([N+](=O)[O-])cc1)N1CC2CN(C(=O)[C@@H]3C[C@H](SC4=C(C(=O)OCc5ccc([N+](=O)[O-])cc5)N5C(=O)[C@H]([C@@H](C)O)[C@H]5[C@H]4C)CN3)CC2C1. The standard InChI is InChI=1S/C38H43N7O11S/c1-20-32-31(21(2)46)36(48)43(32)33(37(49)55-18-23-4-8-27(9-5-23)44(51)52)34(20)57-29-12-30(39-13-29)35(47)42-16-25-14-41(15-26(25)17-42)22(3)40-38(50)56-19-24-6-10-28(11-7-24)45(53)54/h4-11,20-21,25-26,29-32,39,46H,12-19H2,1-3H3/t20-,21-,25?,26?,29+,30+,31-,32-/m1/s1. The average Bonchev–Trinajstić information content (AvgIpc) is 3.96. The number of thioether (sulfide) groups is 1. The Hall–Kier alpha value is -5.40. The third kappa shape index (κ3) is 8.08. The van der Waals surface area contributed by atoms with Crippen molar-refractivity contribution in [2.75, 3.05) is 32.7 Å². The van der Waals surface area contributed by atoms with E-state index in [9.17, 15) is 44.5 Å². The zero-order valence-electron chi connectivity index (χ0n) is 31.5. The number of fused-ring (bicyclic) bond motifs is 2. The number of nitrogens with one attached hydrogen (secondary N) is 1. The number of benzene rings is 2. The fraction of sp³-hybridized carbons (Fsp3) is 0.500. The Morgan fingerprint density at radius 1 is 0.930 bits per heavy atom. The largest absolute Gasteiger partial charge is 0.456 e. The molecule has 0 aromatic heterocycles. The lowest BCUT2D eigenvalue weighted by Gasteiger charge is -2.46. The lowest BCUT2D eigenvalue weighted by atomic mass is 9.79. The number of β-lactam (4-membered cyclic amide) rings is 1. The highest BCUT2D eigenvalue weighted by Gasteiger charge is 2.60. The van der Waals surface area contributed by atoms with Gasteiger partial charge in [-0.05, 0) is 55.7 Å². The van der Waals surface area contributed by atoms with E-state index in [1.165, 1.54) is 65.2 Å². The molecule has 0 radical (unpaired) electrons. The number of rotatable bonds is 11. The average molecular weight is 806 g/mol. The Labute approximate surface area is 331 Å². The Morgan fingerprint density at radius 2 is 1.47 bits per heavy atom. The summed E-state index contributed by atoms with van der Waals surface area (Å²) in [4.78, 5) is 84.0. The fourth-order valence-electron chi connectivity index (χ4n) is 8.51. The van der Waals surface area contributed by atoms with Crippen LogP contribution in [0.3, 0.4) is 0 Å². The number of aliphatic hydroxyl groups is 1. The molecule has 7 rings (SSSR count). The molecule has 5 heterocycles. The second-order valence-electron chi connectivity index (χ2n) is 15.2. The summed E-state index contributed by atoms with van der Waals surface area (Å²) in [5.74, 6) is -1.03. The minimum atomic E-state index is -0.904. The Kier molecular flexibility index (Phi) is 11.3. The Morgan fingerprint density at radius 3 is 2.02 bits per heavy atom. The number of amides is 3. The van der Waals surface area contributed by atoms with Gasteiger partial charge in [0, 0.05) is 84.9 Å². The van der Waals surface area contributed by atoms with Gasteiger partial charge in [0.15, 0.2) is 0 Å². The van der Waals surface area contributed by atoms with Crippen LogP contribution in [0.5, 0.6) is 0 Å². The summed E-state index contributed by atoms with van der Waals surface area (Å²) in [7, 11) is 0. The number of hydrogen-bond acceptors (Lipinski definition) is 13. The summed E-state index contributed by atoms with van der Waals surface area (Å²) in [6.45, 7) is 7.92. The third-order valence-corrected chi connectivity index (χ3v) is 13.0. The van der Waals surface area contributed by atoms with Gasteiger partial charge in [0.2, 0.25) is 11.8 Å². The summed E-state index contributed by atoms with van der Waals surface area (Å²) in [5, 5.41) is 35.6. The molecule has 3 amide bonds. The van der Waals surface area contributed by atoms with E-state index in [2.05, 4.69) is 10.3 Å². The number of nitro benzene ring substituents is 2. The number of nitrogens with zero attached hydrogens (tertiary/aromatic N) is 6. The highest BCUT2D eigenvalue weighted by Crippen LogP contribution is 2.52. The number of aliphatic hydroxyl groups excluding tert-OH is 1. The number of esters is 1. The van der Waals surface area contributed by atoms with E-state index < -0.39 is 46.0 Å². The molecule has 57 heavy (non-hydrogen) atoms. The Bertz CT molecular complexity index is 2010. The summed E-state index contributed by atoms with van der Waals surface area (Å²) >= 11 is 1.45. The second kappa shape index (κ2) is 16.2. The molecule has 19 heteroatoms. The summed E-state index contributed by atoms with van der Waals surface area (Å²) in [5.41, 5.74) is 1.15. The maximum atomic E-state index is 13.8. The molecule has 0 aliphatic carbocycles. The molecule has 4 saturated heterocycles. The van der Waals surface area contributed by atoms with E-state index in [0.717, 1.165) is 0 Å². The van der Waals surface area contributed by atoms with Gasteiger partial charge in [-0.1, -0.05) is 6.92 Å². The van der Waals surface area contributed by atoms with Crippen LogP contribution in [0.2, 0.25) is 0 Å². The van der Waals surface area contributed by atoms with Gasteiger partial charge in [-0.2, -0.15) is 4.99 Å². The highest BCUT2D eigenvalue weighted by molar-refractivity contribution is 8.03. The van der Waals surface area contributed by atoms with Crippen molar-refractivity contribution < 1.29 is 43.6 Å². The van der Waals surface area contributed by atoms with Gasteiger partial charge in [-0.25, -0.2) is 9.59 Å². The van der Waals surface area contributed by atoms with Crippen molar-refractivity contribution in [3.63, 3.8) is 0 Å². The van der Waals surface area contributed by atoms with Gasteiger partial charge in [0.25, 0.3) is 11.4 Å². The number of hydrogen-bond donors (Lipinski definition) is 2. The van der Waals surface area contributed by atoms with Crippen molar-refractivity contribution in [2.24, 2.45) is 28.7 Å². The van der Waals surface area contributed by atoms with E-state index in [1.807, 2.05) is 16.7 Å². The van der Waals surface area contributed by atoms with Crippen LogP contribution in [0, 0.1) is 43.9 Å². The number of non-ortho nitro benzene ring substituents is 2. The summed E-state index contributed by atoms with van der Waals surface area (Å²) in [6.07, 6.45) is -1.15. The normalized spacial score (nSPS) is 27.2. The zero-order valence-corrected chi connectivity index (χ0v) is 32.3. The predicted octanol–water partition coefficient (Wildman–Crippen LogP) is 3.22. The van der Waals surface area contributed by atoms with Crippen LogP contribution in [0.25, 0.3) is 0 Å². The van der Waals surface area contributed by atoms with Gasteiger partial charge in [0.05, 0.1) is 34.0 Å². The number of carbonyl (C=O) groups is 4. The first-order chi connectivity index (χ1) is 27.2. The number of amidine groups is 1. The molecule has 2 N–H and O–H groups in total. The monoisotopic (exact) mass is 805 g/mol. The van der Waals surface area contributed by atoms with E-state index >= 15 is 0 Å². The van der Waals surface area contributed by atoms with Gasteiger partial charge in [-0.3, -0.25) is 29.8 Å². The van der Waals surface area contributed by atoms with E-state index in [0.29, 0.717) is 61.0 Å². The number of carbonyl (C=O) groups excluding carboxylic acids is 4. The minimum absolute atomic E-state index is 0.00334. The lowest BCUT2D eigenvalue weighted by molar-refractivity contribution is -0.385. The van der Waals surface area contributed by atoms with Crippen molar-refractivity contribution in [3.8, 4) is 0 Å². The Balaban J connectivity index is 0.925.